The maximum Gasteiger partial charge on any atom is 0.194 e. The van der Waals surface area contributed by atoms with Gasteiger partial charge in [0.15, 0.2) is 5.96 Å². The fraction of sp³-hybridized carbons (Fsp3) is 0.550. The van der Waals surface area contributed by atoms with Crippen molar-refractivity contribution in [1.82, 2.24) is 24.8 Å². The van der Waals surface area contributed by atoms with Crippen LogP contribution >= 0.6 is 11.8 Å². The first kappa shape index (κ1) is 19.7. The minimum Gasteiger partial charge on any atom is -0.357 e. The Morgan fingerprint density at radius 2 is 2.22 bits per heavy atom. The summed E-state index contributed by atoms with van der Waals surface area (Å²) >= 11 is 2.08. The first-order valence-corrected chi connectivity index (χ1v) is 10.7. The number of nitrogens with one attached hydrogen (secondary N) is 1. The molecule has 0 saturated carbocycles. The quantitative estimate of drug-likeness (QED) is 0.632. The van der Waals surface area contributed by atoms with Gasteiger partial charge < -0.3 is 10.2 Å². The molecule has 2 aromatic rings. The number of thioether (sulfide) groups is 1. The zero-order valence-corrected chi connectivity index (χ0v) is 17.5. The van der Waals surface area contributed by atoms with Crippen LogP contribution in [0.3, 0.4) is 0 Å². The molecule has 1 N–H and O–H groups in total. The Morgan fingerprint density at radius 1 is 1.37 bits per heavy atom. The SMILES string of the molecule is CCNC(=NCc1ccc(-n2ccnc2C)nc1)N1CCSC(C(C)C)C1. The number of aliphatic imine (C=N–C) groups is 1. The second kappa shape index (κ2) is 9.26. The smallest absolute Gasteiger partial charge is 0.194 e. The van der Waals surface area contributed by atoms with Gasteiger partial charge in [0.05, 0.1) is 6.54 Å². The van der Waals surface area contributed by atoms with Crippen molar-refractivity contribution in [2.75, 3.05) is 25.4 Å². The molecule has 2 aromatic heterocycles. The highest BCUT2D eigenvalue weighted by atomic mass is 32.2. The van der Waals surface area contributed by atoms with E-state index in [1.807, 2.05) is 30.0 Å². The molecule has 6 nitrogen and oxygen atoms in total. The summed E-state index contributed by atoms with van der Waals surface area (Å²) in [5.41, 5.74) is 1.11. The summed E-state index contributed by atoms with van der Waals surface area (Å²) in [6.07, 6.45) is 5.63. The van der Waals surface area contributed by atoms with Crippen molar-refractivity contribution in [3.05, 3.63) is 42.1 Å². The first-order chi connectivity index (χ1) is 13.1. The van der Waals surface area contributed by atoms with Gasteiger partial charge in [0.1, 0.15) is 11.6 Å². The summed E-state index contributed by atoms with van der Waals surface area (Å²) in [5.74, 6) is 4.68. The van der Waals surface area contributed by atoms with E-state index in [4.69, 9.17) is 4.99 Å². The molecule has 0 spiro atoms. The summed E-state index contributed by atoms with van der Waals surface area (Å²) in [5, 5.41) is 4.13. The number of pyridine rings is 1. The van der Waals surface area contributed by atoms with Crippen LogP contribution in [0.15, 0.2) is 35.7 Å². The topological polar surface area (TPSA) is 58.3 Å². The lowest BCUT2D eigenvalue weighted by atomic mass is 10.1. The van der Waals surface area contributed by atoms with Crippen LogP contribution in [0.1, 0.15) is 32.2 Å². The fourth-order valence-corrected chi connectivity index (χ4v) is 4.43. The number of rotatable bonds is 5. The van der Waals surface area contributed by atoms with E-state index < -0.39 is 0 Å². The van der Waals surface area contributed by atoms with Gasteiger partial charge in [0, 0.05) is 49.2 Å². The maximum absolute atomic E-state index is 4.87. The minimum absolute atomic E-state index is 0.633. The lowest BCUT2D eigenvalue weighted by Gasteiger charge is -2.36. The van der Waals surface area contributed by atoms with E-state index in [0.717, 1.165) is 48.6 Å². The first-order valence-electron chi connectivity index (χ1n) is 9.68. The Hall–Kier alpha value is -2.02. The van der Waals surface area contributed by atoms with Crippen molar-refractivity contribution in [3.8, 4) is 5.82 Å². The molecule has 0 bridgehead atoms. The van der Waals surface area contributed by atoms with Crippen LogP contribution in [0.5, 0.6) is 0 Å². The standard InChI is InChI=1S/C20H30N6S/c1-5-21-20(25-10-11-27-18(14-25)15(2)3)24-13-17-6-7-19(23-12-17)26-9-8-22-16(26)4/h6-9,12,15,18H,5,10-11,13-14H2,1-4H3,(H,21,24). The summed E-state index contributed by atoms with van der Waals surface area (Å²) in [6, 6.07) is 4.12. The third kappa shape index (κ3) is 5.03. The fourth-order valence-electron chi connectivity index (χ4n) is 3.14. The molecule has 0 amide bonds. The number of guanidine groups is 1. The molecule has 0 aromatic carbocycles. The van der Waals surface area contributed by atoms with Crippen LogP contribution < -0.4 is 5.32 Å². The van der Waals surface area contributed by atoms with Gasteiger partial charge in [-0.25, -0.2) is 15.0 Å². The summed E-state index contributed by atoms with van der Waals surface area (Å²) in [7, 11) is 0. The Morgan fingerprint density at radius 3 is 2.85 bits per heavy atom. The van der Waals surface area contributed by atoms with Gasteiger partial charge >= 0.3 is 0 Å². The Kier molecular flexibility index (Phi) is 6.77. The number of nitrogens with zero attached hydrogens (tertiary/aromatic N) is 5. The highest BCUT2D eigenvalue weighted by Crippen LogP contribution is 2.25. The van der Waals surface area contributed by atoms with Gasteiger partial charge in [-0.1, -0.05) is 19.9 Å². The van der Waals surface area contributed by atoms with E-state index in [9.17, 15) is 0 Å². The van der Waals surface area contributed by atoms with E-state index in [0.29, 0.717) is 17.7 Å². The van der Waals surface area contributed by atoms with Gasteiger partial charge in [-0.3, -0.25) is 4.57 Å². The molecule has 0 radical (unpaired) electrons. The van der Waals surface area contributed by atoms with E-state index in [1.54, 1.807) is 6.20 Å². The molecule has 1 aliphatic rings. The van der Waals surface area contributed by atoms with E-state index in [1.165, 1.54) is 0 Å². The predicted octanol–water partition coefficient (Wildman–Crippen LogP) is 3.11. The van der Waals surface area contributed by atoms with Gasteiger partial charge in [-0.2, -0.15) is 11.8 Å². The number of aryl methyl sites for hydroxylation is 1. The van der Waals surface area contributed by atoms with Crippen LogP contribution in [0, 0.1) is 12.8 Å². The van der Waals surface area contributed by atoms with Crippen molar-refractivity contribution >= 4 is 17.7 Å². The molecule has 27 heavy (non-hydrogen) atoms. The van der Waals surface area contributed by atoms with E-state index in [-0.39, 0.29) is 0 Å². The highest BCUT2D eigenvalue weighted by molar-refractivity contribution is 8.00. The summed E-state index contributed by atoms with van der Waals surface area (Å²) in [4.78, 5) is 16.1. The van der Waals surface area contributed by atoms with Crippen LogP contribution in [0.4, 0.5) is 0 Å². The summed E-state index contributed by atoms with van der Waals surface area (Å²) in [6.45, 7) is 12.3. The van der Waals surface area contributed by atoms with Gasteiger partial charge in [0.2, 0.25) is 0 Å². The predicted molar refractivity (Wildman–Crippen MR) is 114 cm³/mol. The largest absolute Gasteiger partial charge is 0.357 e. The Balaban J connectivity index is 1.68. The van der Waals surface area contributed by atoms with E-state index in [2.05, 4.69) is 58.8 Å². The molecule has 0 aliphatic carbocycles. The van der Waals surface area contributed by atoms with Crippen molar-refractivity contribution < 1.29 is 0 Å². The summed E-state index contributed by atoms with van der Waals surface area (Å²) < 4.78 is 1.98. The molecule has 146 valence electrons. The molecule has 7 heteroatoms. The van der Waals surface area contributed by atoms with Crippen molar-refractivity contribution in [2.45, 2.75) is 39.5 Å². The number of hydrogen-bond acceptors (Lipinski definition) is 4. The normalized spacial score (nSPS) is 18.2. The van der Waals surface area contributed by atoms with Gasteiger partial charge in [0.25, 0.3) is 0 Å². The molecule has 1 aliphatic heterocycles. The third-order valence-corrected chi connectivity index (χ3v) is 6.30. The van der Waals surface area contributed by atoms with Crippen molar-refractivity contribution in [3.63, 3.8) is 0 Å². The average Bonchev–Trinajstić information content (AvgIpc) is 3.11. The number of hydrogen-bond donors (Lipinski definition) is 1. The van der Waals surface area contributed by atoms with Gasteiger partial charge in [-0.05, 0) is 31.4 Å². The van der Waals surface area contributed by atoms with Crippen LogP contribution in [-0.4, -0.2) is 56.0 Å². The van der Waals surface area contributed by atoms with E-state index >= 15 is 0 Å². The molecular formula is C20H30N6S. The van der Waals surface area contributed by atoms with Crippen LogP contribution in [-0.2, 0) is 6.54 Å². The lowest BCUT2D eigenvalue weighted by Crippen LogP contribution is -2.49. The zero-order chi connectivity index (χ0) is 19.2. The van der Waals surface area contributed by atoms with Crippen molar-refractivity contribution in [2.24, 2.45) is 10.9 Å². The highest BCUT2D eigenvalue weighted by Gasteiger charge is 2.24. The lowest BCUT2D eigenvalue weighted by molar-refractivity contribution is 0.381. The minimum atomic E-state index is 0.633. The molecule has 1 atom stereocenters. The Bertz CT molecular complexity index is 752. The molecule has 3 heterocycles. The van der Waals surface area contributed by atoms with Gasteiger partial charge in [-0.15, -0.1) is 0 Å². The van der Waals surface area contributed by atoms with Crippen molar-refractivity contribution in [1.29, 1.82) is 0 Å². The average molecular weight is 387 g/mol. The third-order valence-electron chi connectivity index (χ3n) is 4.76. The zero-order valence-electron chi connectivity index (χ0n) is 16.7. The Labute approximate surface area is 166 Å². The van der Waals surface area contributed by atoms with Crippen LogP contribution in [0.25, 0.3) is 5.82 Å². The van der Waals surface area contributed by atoms with Crippen LogP contribution in [0.2, 0.25) is 0 Å². The number of imidazole rings is 1. The maximum atomic E-state index is 4.87. The molecule has 1 fully saturated rings. The molecule has 3 rings (SSSR count). The molecule has 1 unspecified atom stereocenters. The second-order valence-electron chi connectivity index (χ2n) is 7.14. The number of aromatic nitrogens is 3. The molecular weight excluding hydrogens is 356 g/mol. The monoisotopic (exact) mass is 386 g/mol. The second-order valence-corrected chi connectivity index (χ2v) is 8.49. The molecule has 1 saturated heterocycles.